The second kappa shape index (κ2) is 8.13. The molecular formula is C18H13FN2O2S2. The van der Waals surface area contributed by atoms with Gasteiger partial charge in [0.05, 0.1) is 10.7 Å². The van der Waals surface area contributed by atoms with Gasteiger partial charge in [-0.15, -0.1) is 0 Å². The van der Waals surface area contributed by atoms with Gasteiger partial charge in [0.1, 0.15) is 10.2 Å². The number of halogens is 1. The summed E-state index contributed by atoms with van der Waals surface area (Å²) >= 11 is 2.46. The van der Waals surface area contributed by atoms with Crippen LogP contribution in [0.5, 0.6) is 0 Å². The van der Waals surface area contributed by atoms with Crippen LogP contribution in [-0.2, 0) is 9.59 Å². The SMILES string of the molecule is O=C(CSC1=NC(=O)C(=Cc2ccccc2)S1)Nc1ccc(F)cc1. The van der Waals surface area contributed by atoms with E-state index in [9.17, 15) is 14.0 Å². The normalized spacial score (nSPS) is 15.3. The molecule has 7 heteroatoms. The van der Waals surface area contributed by atoms with Gasteiger partial charge in [-0.1, -0.05) is 53.9 Å². The van der Waals surface area contributed by atoms with E-state index in [1.807, 2.05) is 30.3 Å². The van der Waals surface area contributed by atoms with Crippen LogP contribution in [0.4, 0.5) is 10.1 Å². The third-order valence-corrected chi connectivity index (χ3v) is 5.28. The summed E-state index contributed by atoms with van der Waals surface area (Å²) in [6.45, 7) is 0. The fourth-order valence-corrected chi connectivity index (χ4v) is 3.81. The molecule has 0 aliphatic carbocycles. The van der Waals surface area contributed by atoms with E-state index in [2.05, 4.69) is 10.3 Å². The zero-order valence-corrected chi connectivity index (χ0v) is 14.6. The molecule has 0 spiro atoms. The zero-order chi connectivity index (χ0) is 17.6. The van der Waals surface area contributed by atoms with Gasteiger partial charge in [-0.25, -0.2) is 4.39 Å². The summed E-state index contributed by atoms with van der Waals surface area (Å²) in [4.78, 5) is 28.3. The number of anilines is 1. The first kappa shape index (κ1) is 17.4. The highest BCUT2D eigenvalue weighted by atomic mass is 32.2. The van der Waals surface area contributed by atoms with Gasteiger partial charge in [0.15, 0.2) is 0 Å². The lowest BCUT2D eigenvalue weighted by Crippen LogP contribution is -2.14. The van der Waals surface area contributed by atoms with Crippen LogP contribution < -0.4 is 5.32 Å². The number of carbonyl (C=O) groups excluding carboxylic acids is 2. The number of aliphatic imine (C=N–C) groups is 1. The highest BCUT2D eigenvalue weighted by molar-refractivity contribution is 8.41. The van der Waals surface area contributed by atoms with Crippen molar-refractivity contribution in [3.63, 3.8) is 0 Å². The summed E-state index contributed by atoms with van der Waals surface area (Å²) in [7, 11) is 0. The maximum Gasteiger partial charge on any atom is 0.285 e. The number of benzene rings is 2. The second-order valence-electron chi connectivity index (χ2n) is 5.05. The maximum atomic E-state index is 12.8. The monoisotopic (exact) mass is 372 g/mol. The summed E-state index contributed by atoms with van der Waals surface area (Å²) in [5.41, 5.74) is 1.45. The molecule has 1 heterocycles. The average Bonchev–Trinajstić information content (AvgIpc) is 2.96. The topological polar surface area (TPSA) is 58.5 Å². The molecule has 0 radical (unpaired) electrons. The van der Waals surface area contributed by atoms with Gasteiger partial charge >= 0.3 is 0 Å². The molecule has 0 aromatic heterocycles. The Morgan fingerprint density at radius 2 is 1.88 bits per heavy atom. The Hall–Kier alpha value is -2.38. The minimum absolute atomic E-state index is 0.120. The summed E-state index contributed by atoms with van der Waals surface area (Å²) in [6, 6.07) is 15.0. The molecule has 0 unspecified atom stereocenters. The first-order valence-electron chi connectivity index (χ1n) is 7.36. The summed E-state index contributed by atoms with van der Waals surface area (Å²) in [5, 5.41) is 2.67. The van der Waals surface area contributed by atoms with Crippen LogP contribution in [0.2, 0.25) is 0 Å². The van der Waals surface area contributed by atoms with Crippen molar-refractivity contribution in [3.8, 4) is 0 Å². The number of nitrogens with one attached hydrogen (secondary N) is 1. The number of thioether (sulfide) groups is 2. The molecule has 3 rings (SSSR count). The Morgan fingerprint density at radius 1 is 1.16 bits per heavy atom. The third kappa shape index (κ3) is 5.04. The molecule has 2 aromatic carbocycles. The predicted molar refractivity (Wildman–Crippen MR) is 102 cm³/mol. The first-order valence-corrected chi connectivity index (χ1v) is 9.16. The van der Waals surface area contributed by atoms with Crippen LogP contribution in [0.1, 0.15) is 5.56 Å². The van der Waals surface area contributed by atoms with Gasteiger partial charge in [0.2, 0.25) is 5.91 Å². The van der Waals surface area contributed by atoms with Crippen molar-refractivity contribution in [1.82, 2.24) is 0 Å². The molecular weight excluding hydrogens is 359 g/mol. The van der Waals surface area contributed by atoms with Crippen molar-refractivity contribution >= 4 is 51.5 Å². The lowest BCUT2D eigenvalue weighted by atomic mass is 10.2. The van der Waals surface area contributed by atoms with Crippen molar-refractivity contribution < 1.29 is 14.0 Å². The van der Waals surface area contributed by atoms with E-state index in [1.54, 1.807) is 6.08 Å². The van der Waals surface area contributed by atoms with Gasteiger partial charge < -0.3 is 5.32 Å². The molecule has 1 aliphatic heterocycles. The van der Waals surface area contributed by atoms with Crippen LogP contribution in [0, 0.1) is 5.82 Å². The Morgan fingerprint density at radius 3 is 2.60 bits per heavy atom. The fraction of sp³-hybridized carbons (Fsp3) is 0.0556. The van der Waals surface area contributed by atoms with Crippen LogP contribution in [0.3, 0.4) is 0 Å². The molecule has 4 nitrogen and oxygen atoms in total. The number of carbonyl (C=O) groups is 2. The van der Waals surface area contributed by atoms with Gasteiger partial charge in [-0.3, -0.25) is 9.59 Å². The molecule has 1 N–H and O–H groups in total. The van der Waals surface area contributed by atoms with E-state index in [4.69, 9.17) is 0 Å². The van der Waals surface area contributed by atoms with Crippen LogP contribution >= 0.6 is 23.5 Å². The molecule has 2 amide bonds. The molecule has 25 heavy (non-hydrogen) atoms. The number of amides is 2. The maximum absolute atomic E-state index is 12.8. The Kier molecular flexibility index (Phi) is 5.67. The van der Waals surface area contributed by atoms with Crippen molar-refractivity contribution in [1.29, 1.82) is 0 Å². The van der Waals surface area contributed by atoms with Crippen LogP contribution in [-0.4, -0.2) is 21.9 Å². The van der Waals surface area contributed by atoms with Crippen molar-refractivity contribution in [2.45, 2.75) is 0 Å². The molecule has 0 bridgehead atoms. The average molecular weight is 372 g/mol. The summed E-state index contributed by atoms with van der Waals surface area (Å²) in [6.07, 6.45) is 1.78. The van der Waals surface area contributed by atoms with E-state index in [0.717, 1.165) is 5.56 Å². The lowest BCUT2D eigenvalue weighted by molar-refractivity contribution is -0.114. The summed E-state index contributed by atoms with van der Waals surface area (Å²) < 4.78 is 13.4. The predicted octanol–water partition coefficient (Wildman–Crippen LogP) is 4.17. The van der Waals surface area contributed by atoms with Crippen LogP contribution in [0.25, 0.3) is 6.08 Å². The molecule has 2 aromatic rings. The fourth-order valence-electron chi connectivity index (χ4n) is 2.01. The van der Waals surface area contributed by atoms with Gasteiger partial charge in [0, 0.05) is 5.69 Å². The highest BCUT2D eigenvalue weighted by Crippen LogP contribution is 2.33. The molecule has 0 saturated carbocycles. The van der Waals surface area contributed by atoms with E-state index < -0.39 is 0 Å². The van der Waals surface area contributed by atoms with Gasteiger partial charge in [-0.05, 0) is 35.9 Å². The Labute approximate surface area is 152 Å². The van der Waals surface area contributed by atoms with Crippen molar-refractivity contribution in [2.75, 3.05) is 11.1 Å². The zero-order valence-electron chi connectivity index (χ0n) is 12.9. The third-order valence-electron chi connectivity index (χ3n) is 3.15. The van der Waals surface area contributed by atoms with Crippen molar-refractivity contribution in [2.24, 2.45) is 4.99 Å². The van der Waals surface area contributed by atoms with E-state index in [0.29, 0.717) is 15.0 Å². The van der Waals surface area contributed by atoms with Crippen molar-refractivity contribution in [3.05, 3.63) is 70.9 Å². The quantitative estimate of drug-likeness (QED) is 0.819. The first-order chi connectivity index (χ1) is 12.1. The largest absolute Gasteiger partial charge is 0.325 e. The standard InChI is InChI=1S/C18H13FN2O2S2/c19-13-6-8-14(9-7-13)20-16(22)11-24-18-21-17(23)15(25-18)10-12-4-2-1-3-5-12/h1-10H,11H2,(H,20,22). The number of rotatable bonds is 4. The number of nitrogens with zero attached hydrogens (tertiary/aromatic N) is 1. The molecule has 0 fully saturated rings. The molecule has 0 atom stereocenters. The Bertz CT molecular complexity index is 849. The number of hydrogen-bond donors (Lipinski definition) is 1. The lowest BCUT2D eigenvalue weighted by Gasteiger charge is -2.04. The Balaban J connectivity index is 1.53. The number of hydrogen-bond acceptors (Lipinski definition) is 4. The van der Waals surface area contributed by atoms with Gasteiger partial charge in [-0.2, -0.15) is 4.99 Å². The van der Waals surface area contributed by atoms with E-state index in [1.165, 1.54) is 47.8 Å². The summed E-state index contributed by atoms with van der Waals surface area (Å²) in [5.74, 6) is -0.779. The molecule has 0 saturated heterocycles. The molecule has 126 valence electrons. The minimum Gasteiger partial charge on any atom is -0.325 e. The van der Waals surface area contributed by atoms with Gasteiger partial charge in [0.25, 0.3) is 5.91 Å². The molecule has 1 aliphatic rings. The van der Waals surface area contributed by atoms with Crippen LogP contribution in [0.15, 0.2) is 64.5 Å². The van der Waals surface area contributed by atoms with E-state index in [-0.39, 0.29) is 23.4 Å². The van der Waals surface area contributed by atoms with E-state index >= 15 is 0 Å². The smallest absolute Gasteiger partial charge is 0.285 e. The minimum atomic E-state index is -0.361. The highest BCUT2D eigenvalue weighted by Gasteiger charge is 2.22. The second-order valence-corrected chi connectivity index (χ2v) is 7.30.